The van der Waals surface area contributed by atoms with Gasteiger partial charge in [-0.2, -0.15) is 4.98 Å². The predicted molar refractivity (Wildman–Crippen MR) is 108 cm³/mol. The normalized spacial score (nSPS) is 10.4. The first-order valence-corrected chi connectivity index (χ1v) is 9.05. The van der Waals surface area contributed by atoms with Crippen LogP contribution in [0, 0.1) is 0 Å². The molecule has 0 aliphatic carbocycles. The average Bonchev–Trinajstić information content (AvgIpc) is 3.32. The van der Waals surface area contributed by atoms with Crippen molar-refractivity contribution in [1.29, 1.82) is 0 Å². The lowest BCUT2D eigenvalue weighted by atomic mass is 10.3. The number of anilines is 2. The van der Waals surface area contributed by atoms with Crippen LogP contribution in [0.15, 0.2) is 49.1 Å². The molecule has 0 bridgehead atoms. The molecule has 0 saturated carbocycles. The minimum absolute atomic E-state index is 0.144. The Kier molecular flexibility index (Phi) is 5.83. The van der Waals surface area contributed by atoms with Crippen molar-refractivity contribution >= 4 is 40.4 Å². The zero-order valence-corrected chi connectivity index (χ0v) is 16.5. The SMILES string of the molecule is CC.COc1cc(Cl)cc(-n2cnc(Nc3nc(Cl)nn4cccc34)c2)c1. The Morgan fingerprint density at radius 3 is 2.74 bits per heavy atom. The highest BCUT2D eigenvalue weighted by Gasteiger charge is 2.09. The summed E-state index contributed by atoms with van der Waals surface area (Å²) in [4.78, 5) is 8.57. The fourth-order valence-electron chi connectivity index (χ4n) is 2.46. The summed E-state index contributed by atoms with van der Waals surface area (Å²) in [5.74, 6) is 1.85. The number of nitrogens with one attached hydrogen (secondary N) is 1. The summed E-state index contributed by atoms with van der Waals surface area (Å²) >= 11 is 12.1. The number of ether oxygens (including phenoxy) is 1. The van der Waals surface area contributed by atoms with Crippen LogP contribution in [0.5, 0.6) is 5.75 Å². The molecule has 4 rings (SSSR count). The Balaban J connectivity index is 0.00000102. The summed E-state index contributed by atoms with van der Waals surface area (Å²) < 4.78 is 8.72. The van der Waals surface area contributed by atoms with Crippen molar-refractivity contribution in [1.82, 2.24) is 24.1 Å². The lowest BCUT2D eigenvalue weighted by Crippen LogP contribution is -2.01. The molecule has 3 heterocycles. The van der Waals surface area contributed by atoms with Gasteiger partial charge in [0.2, 0.25) is 5.28 Å². The molecule has 7 nitrogen and oxygen atoms in total. The van der Waals surface area contributed by atoms with Crippen molar-refractivity contribution in [2.75, 3.05) is 12.4 Å². The van der Waals surface area contributed by atoms with Crippen LogP contribution in [0.3, 0.4) is 0 Å². The van der Waals surface area contributed by atoms with Crippen LogP contribution < -0.4 is 10.1 Å². The highest BCUT2D eigenvalue weighted by atomic mass is 35.5. The maximum Gasteiger partial charge on any atom is 0.243 e. The molecule has 0 aliphatic rings. The first-order valence-electron chi connectivity index (χ1n) is 8.29. The molecular formula is C18H18Cl2N6O. The molecule has 0 aliphatic heterocycles. The maximum atomic E-state index is 6.12. The van der Waals surface area contributed by atoms with Gasteiger partial charge in [-0.3, -0.25) is 0 Å². The van der Waals surface area contributed by atoms with Crippen LogP contribution in [0.25, 0.3) is 11.2 Å². The smallest absolute Gasteiger partial charge is 0.243 e. The highest BCUT2D eigenvalue weighted by molar-refractivity contribution is 6.30. The van der Waals surface area contributed by atoms with Crippen LogP contribution in [0.4, 0.5) is 11.6 Å². The van der Waals surface area contributed by atoms with Gasteiger partial charge in [0.05, 0.1) is 19.0 Å². The molecule has 0 spiro atoms. The van der Waals surface area contributed by atoms with Crippen molar-refractivity contribution < 1.29 is 4.74 Å². The summed E-state index contributed by atoms with van der Waals surface area (Å²) in [5.41, 5.74) is 1.63. The molecule has 0 amide bonds. The van der Waals surface area contributed by atoms with Crippen LogP contribution in [-0.2, 0) is 0 Å². The number of aromatic nitrogens is 5. The van der Waals surface area contributed by atoms with E-state index in [1.165, 1.54) is 0 Å². The summed E-state index contributed by atoms with van der Waals surface area (Å²) in [6.07, 6.45) is 5.29. The molecule has 4 aromatic rings. The minimum Gasteiger partial charge on any atom is -0.497 e. The first-order chi connectivity index (χ1) is 13.1. The quantitative estimate of drug-likeness (QED) is 0.518. The number of imidazole rings is 1. The molecule has 0 saturated heterocycles. The summed E-state index contributed by atoms with van der Waals surface area (Å²) in [7, 11) is 1.60. The zero-order valence-electron chi connectivity index (χ0n) is 15.0. The van der Waals surface area contributed by atoms with Gasteiger partial charge in [0.25, 0.3) is 0 Å². The third-order valence-corrected chi connectivity index (χ3v) is 3.96. The molecule has 140 valence electrons. The molecule has 27 heavy (non-hydrogen) atoms. The van der Waals surface area contributed by atoms with Gasteiger partial charge in [0, 0.05) is 17.3 Å². The van der Waals surface area contributed by atoms with E-state index in [1.54, 1.807) is 30.2 Å². The molecule has 0 atom stereocenters. The second kappa shape index (κ2) is 8.28. The van der Waals surface area contributed by atoms with Crippen LogP contribution in [0.1, 0.15) is 13.8 Å². The van der Waals surface area contributed by atoms with Crippen molar-refractivity contribution in [3.8, 4) is 11.4 Å². The Bertz CT molecular complexity index is 1060. The molecule has 0 fully saturated rings. The van der Waals surface area contributed by atoms with Gasteiger partial charge in [-0.25, -0.2) is 9.50 Å². The molecule has 0 unspecified atom stereocenters. The first kappa shape index (κ1) is 19.0. The van der Waals surface area contributed by atoms with Gasteiger partial charge in [-0.1, -0.05) is 25.4 Å². The number of nitrogens with zero attached hydrogens (tertiary/aromatic N) is 5. The summed E-state index contributed by atoms with van der Waals surface area (Å²) in [6, 6.07) is 9.18. The van der Waals surface area contributed by atoms with Crippen molar-refractivity contribution in [3.63, 3.8) is 0 Å². The lowest BCUT2D eigenvalue weighted by Gasteiger charge is -2.07. The van der Waals surface area contributed by atoms with E-state index in [0.29, 0.717) is 22.4 Å². The van der Waals surface area contributed by atoms with E-state index in [9.17, 15) is 0 Å². The Labute approximate surface area is 166 Å². The van der Waals surface area contributed by atoms with Crippen LogP contribution in [0.2, 0.25) is 10.3 Å². The number of rotatable bonds is 4. The zero-order chi connectivity index (χ0) is 19.4. The molecule has 9 heteroatoms. The standard InChI is InChI=1S/C16H12Cl2N6O.C2H6/c1-25-12-6-10(17)5-11(7-12)23-8-14(19-9-23)20-15-13-3-2-4-24(13)22-16(18)21-15;1-2/h2-9H,1H3,(H,20,21,22);1-2H3. The fourth-order valence-corrected chi connectivity index (χ4v) is 2.85. The number of hydrogen-bond donors (Lipinski definition) is 1. The van der Waals surface area contributed by atoms with Crippen molar-refractivity contribution in [3.05, 3.63) is 59.4 Å². The Morgan fingerprint density at radius 1 is 1.15 bits per heavy atom. The fraction of sp³-hybridized carbons (Fsp3) is 0.167. The highest BCUT2D eigenvalue weighted by Crippen LogP contribution is 2.25. The number of hydrogen-bond acceptors (Lipinski definition) is 5. The van der Waals surface area contributed by atoms with E-state index < -0.39 is 0 Å². The lowest BCUT2D eigenvalue weighted by molar-refractivity contribution is 0.414. The summed E-state index contributed by atoms with van der Waals surface area (Å²) in [6.45, 7) is 4.00. The second-order valence-corrected chi connectivity index (χ2v) is 5.98. The maximum absolute atomic E-state index is 6.12. The van der Waals surface area contributed by atoms with Crippen molar-refractivity contribution in [2.45, 2.75) is 13.8 Å². The molecule has 0 radical (unpaired) electrons. The largest absolute Gasteiger partial charge is 0.497 e. The van der Waals surface area contributed by atoms with Gasteiger partial charge in [0.1, 0.15) is 23.4 Å². The minimum atomic E-state index is 0.144. The van der Waals surface area contributed by atoms with E-state index in [1.807, 2.05) is 48.9 Å². The van der Waals surface area contributed by atoms with E-state index >= 15 is 0 Å². The van der Waals surface area contributed by atoms with Crippen molar-refractivity contribution in [2.24, 2.45) is 0 Å². The predicted octanol–water partition coefficient (Wildman–Crippen LogP) is 5.00. The van der Waals surface area contributed by atoms with Gasteiger partial charge < -0.3 is 14.6 Å². The number of benzene rings is 1. The Hall–Kier alpha value is -2.77. The van der Waals surface area contributed by atoms with E-state index in [-0.39, 0.29) is 5.28 Å². The molecule has 3 aromatic heterocycles. The Morgan fingerprint density at radius 2 is 1.96 bits per heavy atom. The van der Waals surface area contributed by atoms with E-state index in [4.69, 9.17) is 27.9 Å². The number of methoxy groups -OCH3 is 1. The number of fused-ring (bicyclic) bond motifs is 1. The molecule has 1 aromatic carbocycles. The van der Waals surface area contributed by atoms with Gasteiger partial charge >= 0.3 is 0 Å². The van der Waals surface area contributed by atoms with Gasteiger partial charge in [-0.15, -0.1) is 5.10 Å². The van der Waals surface area contributed by atoms with Gasteiger partial charge in [-0.05, 0) is 35.9 Å². The topological polar surface area (TPSA) is 69.3 Å². The molecular weight excluding hydrogens is 387 g/mol. The summed E-state index contributed by atoms with van der Waals surface area (Å²) in [5, 5.41) is 7.97. The van der Waals surface area contributed by atoms with E-state index in [0.717, 1.165) is 11.2 Å². The number of halogens is 2. The molecule has 1 N–H and O–H groups in total. The monoisotopic (exact) mass is 404 g/mol. The van der Waals surface area contributed by atoms with Crippen LogP contribution >= 0.6 is 23.2 Å². The van der Waals surface area contributed by atoms with E-state index in [2.05, 4.69) is 20.4 Å². The van der Waals surface area contributed by atoms with Gasteiger partial charge in [0.15, 0.2) is 5.82 Å². The second-order valence-electron chi connectivity index (χ2n) is 5.21. The third kappa shape index (κ3) is 4.15. The third-order valence-electron chi connectivity index (χ3n) is 3.58. The van der Waals surface area contributed by atoms with Crippen LogP contribution in [-0.4, -0.2) is 31.3 Å². The average molecular weight is 405 g/mol.